The molecule has 2 atom stereocenters. The standard InChI is InChI=1S/C21H17FN4O2/c1-14-12-26(13-24-14)7-3-4-15-8-17(11-23-10-15)19-20(28-21(27)25-19)16-5-2-6-18(22)9-16/h2,5-6,8-13,19-20H,7H2,1H3,(H,25,27). The van der Waals surface area contributed by atoms with Crippen molar-refractivity contribution >= 4 is 6.09 Å². The Morgan fingerprint density at radius 2 is 2.18 bits per heavy atom. The van der Waals surface area contributed by atoms with Crippen LogP contribution in [-0.4, -0.2) is 20.6 Å². The number of hydrogen-bond acceptors (Lipinski definition) is 4. The van der Waals surface area contributed by atoms with Gasteiger partial charge < -0.3 is 14.6 Å². The molecule has 1 saturated heterocycles. The molecular formula is C21H17FN4O2. The largest absolute Gasteiger partial charge is 0.439 e. The van der Waals surface area contributed by atoms with Crippen LogP contribution in [0.15, 0.2) is 55.2 Å². The van der Waals surface area contributed by atoms with Gasteiger partial charge in [-0.25, -0.2) is 14.2 Å². The summed E-state index contributed by atoms with van der Waals surface area (Å²) < 4.78 is 20.8. The number of nitrogens with zero attached hydrogens (tertiary/aromatic N) is 3. The number of cyclic esters (lactones) is 1. The van der Waals surface area contributed by atoms with Gasteiger partial charge in [-0.2, -0.15) is 0 Å². The van der Waals surface area contributed by atoms with E-state index >= 15 is 0 Å². The molecule has 7 heteroatoms. The van der Waals surface area contributed by atoms with Crippen molar-refractivity contribution in [1.29, 1.82) is 0 Å². The second kappa shape index (κ2) is 7.53. The van der Waals surface area contributed by atoms with E-state index in [-0.39, 0.29) is 5.82 Å². The zero-order valence-electron chi connectivity index (χ0n) is 15.1. The van der Waals surface area contributed by atoms with E-state index in [0.29, 0.717) is 17.7 Å². The number of benzene rings is 1. The summed E-state index contributed by atoms with van der Waals surface area (Å²) in [6.45, 7) is 2.44. The van der Waals surface area contributed by atoms with E-state index in [9.17, 15) is 9.18 Å². The summed E-state index contributed by atoms with van der Waals surface area (Å²) in [5, 5.41) is 2.77. The first-order valence-electron chi connectivity index (χ1n) is 8.73. The first kappa shape index (κ1) is 17.7. The molecule has 1 fully saturated rings. The molecule has 1 N–H and O–H groups in total. The van der Waals surface area contributed by atoms with Crippen LogP contribution in [0.1, 0.15) is 34.5 Å². The predicted octanol–water partition coefficient (Wildman–Crippen LogP) is 3.30. The number of ether oxygens (including phenoxy) is 1. The van der Waals surface area contributed by atoms with E-state index in [1.165, 1.54) is 12.1 Å². The molecule has 1 aliphatic heterocycles. The topological polar surface area (TPSA) is 69.0 Å². The highest BCUT2D eigenvalue weighted by Crippen LogP contribution is 2.36. The molecule has 1 amide bonds. The van der Waals surface area contributed by atoms with Crippen LogP contribution in [0.4, 0.5) is 9.18 Å². The number of pyridine rings is 1. The van der Waals surface area contributed by atoms with Gasteiger partial charge in [0.25, 0.3) is 0 Å². The molecule has 0 bridgehead atoms. The maximum Gasteiger partial charge on any atom is 0.408 e. The summed E-state index contributed by atoms with van der Waals surface area (Å²) in [5.41, 5.74) is 2.97. The third-order valence-corrected chi connectivity index (χ3v) is 4.36. The molecular weight excluding hydrogens is 359 g/mol. The van der Waals surface area contributed by atoms with Crippen molar-refractivity contribution in [3.8, 4) is 11.8 Å². The zero-order chi connectivity index (χ0) is 19.5. The predicted molar refractivity (Wildman–Crippen MR) is 99.6 cm³/mol. The molecule has 2 unspecified atom stereocenters. The lowest BCUT2D eigenvalue weighted by atomic mass is 9.97. The average Bonchev–Trinajstić information content (AvgIpc) is 3.27. The lowest BCUT2D eigenvalue weighted by Crippen LogP contribution is -2.19. The van der Waals surface area contributed by atoms with Crippen LogP contribution in [0.3, 0.4) is 0 Å². The molecule has 28 heavy (non-hydrogen) atoms. The van der Waals surface area contributed by atoms with E-state index in [0.717, 1.165) is 11.3 Å². The Morgan fingerprint density at radius 3 is 2.96 bits per heavy atom. The van der Waals surface area contributed by atoms with Crippen molar-refractivity contribution < 1.29 is 13.9 Å². The minimum absolute atomic E-state index is 0.383. The molecule has 6 nitrogen and oxygen atoms in total. The van der Waals surface area contributed by atoms with Gasteiger partial charge >= 0.3 is 6.09 Å². The monoisotopic (exact) mass is 376 g/mol. The fraction of sp³-hybridized carbons (Fsp3) is 0.190. The number of hydrogen-bond donors (Lipinski definition) is 1. The maximum atomic E-state index is 13.6. The van der Waals surface area contributed by atoms with Crippen molar-refractivity contribution in [3.63, 3.8) is 0 Å². The van der Waals surface area contributed by atoms with Crippen molar-refractivity contribution in [3.05, 3.63) is 83.5 Å². The van der Waals surface area contributed by atoms with E-state index < -0.39 is 18.2 Å². The smallest absolute Gasteiger partial charge is 0.408 e. The molecule has 1 aliphatic rings. The fourth-order valence-corrected chi connectivity index (χ4v) is 3.11. The quantitative estimate of drug-likeness (QED) is 0.712. The lowest BCUT2D eigenvalue weighted by Gasteiger charge is -2.17. The summed E-state index contributed by atoms with van der Waals surface area (Å²) in [4.78, 5) is 20.2. The number of amides is 1. The Hall–Kier alpha value is -3.66. The second-order valence-corrected chi connectivity index (χ2v) is 6.50. The van der Waals surface area contributed by atoms with Crippen LogP contribution in [0.25, 0.3) is 0 Å². The third kappa shape index (κ3) is 3.86. The average molecular weight is 376 g/mol. The molecule has 1 aromatic carbocycles. The third-order valence-electron chi connectivity index (χ3n) is 4.36. The van der Waals surface area contributed by atoms with Crippen molar-refractivity contribution in [2.75, 3.05) is 0 Å². The zero-order valence-corrected chi connectivity index (χ0v) is 15.1. The minimum atomic E-state index is -0.637. The van der Waals surface area contributed by atoms with Gasteiger partial charge in [-0.3, -0.25) is 4.98 Å². The summed E-state index contributed by atoms with van der Waals surface area (Å²) in [7, 11) is 0. The second-order valence-electron chi connectivity index (χ2n) is 6.50. The number of aryl methyl sites for hydroxylation is 1. The van der Waals surface area contributed by atoms with Gasteiger partial charge in [-0.1, -0.05) is 24.0 Å². The van der Waals surface area contributed by atoms with Gasteiger partial charge in [0.2, 0.25) is 0 Å². The number of imidazole rings is 1. The first-order chi connectivity index (χ1) is 13.6. The highest BCUT2D eigenvalue weighted by molar-refractivity contribution is 5.71. The Morgan fingerprint density at radius 1 is 1.29 bits per heavy atom. The Labute approximate surface area is 161 Å². The Bertz CT molecular complexity index is 1080. The highest BCUT2D eigenvalue weighted by Gasteiger charge is 2.36. The first-order valence-corrected chi connectivity index (χ1v) is 8.73. The van der Waals surface area contributed by atoms with Gasteiger partial charge in [0, 0.05) is 24.2 Å². The van der Waals surface area contributed by atoms with Crippen molar-refractivity contribution in [1.82, 2.24) is 19.9 Å². The van der Waals surface area contributed by atoms with E-state index in [1.807, 2.05) is 23.8 Å². The van der Waals surface area contributed by atoms with Crippen molar-refractivity contribution in [2.45, 2.75) is 25.6 Å². The normalized spacial score (nSPS) is 18.1. The Kier molecular flexibility index (Phi) is 4.77. The van der Waals surface area contributed by atoms with Crippen LogP contribution in [-0.2, 0) is 11.3 Å². The number of halogens is 1. The van der Waals surface area contributed by atoms with Gasteiger partial charge in [-0.15, -0.1) is 0 Å². The number of rotatable bonds is 3. The van der Waals surface area contributed by atoms with Crippen LogP contribution < -0.4 is 5.32 Å². The van der Waals surface area contributed by atoms with Gasteiger partial charge in [0.15, 0.2) is 6.10 Å². The Balaban J connectivity index is 1.56. The van der Waals surface area contributed by atoms with Crippen molar-refractivity contribution in [2.24, 2.45) is 0 Å². The number of aromatic nitrogens is 3. The van der Waals surface area contributed by atoms with Crippen LogP contribution in [0.2, 0.25) is 0 Å². The van der Waals surface area contributed by atoms with Crippen LogP contribution in [0.5, 0.6) is 0 Å². The summed E-state index contributed by atoms with van der Waals surface area (Å²) >= 11 is 0. The minimum Gasteiger partial charge on any atom is -0.439 e. The number of nitrogens with one attached hydrogen (secondary N) is 1. The molecule has 3 heterocycles. The fourth-order valence-electron chi connectivity index (χ4n) is 3.11. The number of alkyl carbamates (subject to hydrolysis) is 1. The summed E-state index contributed by atoms with van der Waals surface area (Å²) in [5.74, 6) is 5.76. The van der Waals surface area contributed by atoms with Gasteiger partial charge in [-0.05, 0) is 36.2 Å². The number of carbonyl (C=O) groups excluding carboxylic acids is 1. The SMILES string of the molecule is Cc1cn(CC#Cc2cncc(C3NC(=O)OC3c3cccc(F)c3)c2)cn1. The molecule has 3 aromatic rings. The molecule has 0 spiro atoms. The van der Waals surface area contributed by atoms with Crippen LogP contribution >= 0.6 is 0 Å². The molecule has 140 valence electrons. The van der Waals surface area contributed by atoms with E-state index in [4.69, 9.17) is 4.74 Å². The molecule has 2 aromatic heterocycles. The van der Waals surface area contributed by atoms with E-state index in [1.54, 1.807) is 30.9 Å². The molecule has 4 rings (SSSR count). The lowest BCUT2D eigenvalue weighted by molar-refractivity contribution is 0.132. The van der Waals surface area contributed by atoms with Gasteiger partial charge in [0.05, 0.1) is 18.6 Å². The summed E-state index contributed by atoms with van der Waals surface area (Å²) in [6, 6.07) is 7.41. The maximum absolute atomic E-state index is 13.6. The molecule has 0 radical (unpaired) electrons. The van der Waals surface area contributed by atoms with E-state index in [2.05, 4.69) is 27.1 Å². The molecule has 0 aliphatic carbocycles. The molecule has 0 saturated carbocycles. The highest BCUT2D eigenvalue weighted by atomic mass is 19.1. The number of carbonyl (C=O) groups is 1. The van der Waals surface area contributed by atoms with Gasteiger partial charge in [0.1, 0.15) is 11.9 Å². The van der Waals surface area contributed by atoms with Crippen LogP contribution in [0, 0.1) is 24.6 Å². The summed E-state index contributed by atoms with van der Waals surface area (Å²) in [6.07, 6.45) is 5.76.